The molecule has 0 aliphatic carbocycles. The highest BCUT2D eigenvalue weighted by atomic mass is 15.1. The molecule has 0 saturated carbocycles. The molecular weight excluding hydrogens is 126 g/mol. The largest absolute Gasteiger partial charge is 0.368 e. The minimum Gasteiger partial charge on any atom is -0.368 e. The molecule has 2 N–H and O–H groups in total. The van der Waals surface area contributed by atoms with Gasteiger partial charge in [0.25, 0.3) is 0 Å². The van der Waals surface area contributed by atoms with Gasteiger partial charge in [-0.15, -0.1) is 0 Å². The Morgan fingerprint density at radius 1 is 1.50 bits per heavy atom. The van der Waals surface area contributed by atoms with Gasteiger partial charge in [-0.25, -0.2) is 0 Å². The van der Waals surface area contributed by atoms with E-state index in [-0.39, 0.29) is 0 Å². The molecule has 0 aromatic heterocycles. The van der Waals surface area contributed by atoms with Gasteiger partial charge in [0, 0.05) is 18.5 Å². The molecule has 0 unspecified atom stereocenters. The molecule has 3 nitrogen and oxygen atoms in total. The lowest BCUT2D eigenvalue weighted by Crippen LogP contribution is -2.34. The summed E-state index contributed by atoms with van der Waals surface area (Å²) in [6.45, 7) is 2.83. The molecule has 54 valence electrons. The molecule has 3 heteroatoms. The fourth-order valence-corrected chi connectivity index (χ4v) is 1.32. The summed E-state index contributed by atoms with van der Waals surface area (Å²) in [5.41, 5.74) is 2.71. The molecule has 0 aromatic carbocycles. The average molecular weight is 137 g/mol. The fraction of sp³-hybridized carbons (Fsp3) is 0.571. The van der Waals surface area contributed by atoms with Crippen LogP contribution in [0, 0.1) is 0 Å². The van der Waals surface area contributed by atoms with Gasteiger partial charge in [-0.05, 0) is 18.5 Å². The smallest absolute Gasteiger partial charge is 0.107 e. The van der Waals surface area contributed by atoms with Gasteiger partial charge in [-0.2, -0.15) is 0 Å². The SMILES string of the molecule is C1=NCNC2=C1CCNC2. The normalized spacial score (nSPS) is 24.0. The van der Waals surface area contributed by atoms with Crippen LogP contribution in [0.25, 0.3) is 0 Å². The van der Waals surface area contributed by atoms with Crippen LogP contribution in [0.2, 0.25) is 0 Å². The first-order valence-electron chi connectivity index (χ1n) is 3.63. The Kier molecular flexibility index (Phi) is 1.43. The van der Waals surface area contributed by atoms with Crippen LogP contribution < -0.4 is 10.6 Å². The standard InChI is InChI=1S/C7H11N3/c1-2-8-4-7-6(1)3-9-5-10-7/h3,8,10H,1-2,4-5H2. The molecule has 0 bridgehead atoms. The third-order valence-corrected chi connectivity index (χ3v) is 1.89. The summed E-state index contributed by atoms with van der Waals surface area (Å²) >= 11 is 0. The third kappa shape index (κ3) is 0.926. The van der Waals surface area contributed by atoms with Gasteiger partial charge in [-0.1, -0.05) is 0 Å². The average Bonchev–Trinajstić information content (AvgIpc) is 2.05. The van der Waals surface area contributed by atoms with Crippen molar-refractivity contribution in [2.24, 2.45) is 4.99 Å². The fourth-order valence-electron chi connectivity index (χ4n) is 1.32. The zero-order valence-electron chi connectivity index (χ0n) is 5.85. The van der Waals surface area contributed by atoms with Gasteiger partial charge in [0.1, 0.15) is 6.67 Å². The van der Waals surface area contributed by atoms with E-state index in [0.29, 0.717) is 0 Å². The molecule has 2 aliphatic rings. The van der Waals surface area contributed by atoms with Crippen LogP contribution in [-0.2, 0) is 0 Å². The highest BCUT2D eigenvalue weighted by molar-refractivity contribution is 5.80. The molecule has 2 heterocycles. The summed E-state index contributed by atoms with van der Waals surface area (Å²) in [5.74, 6) is 0. The molecule has 0 fully saturated rings. The Morgan fingerprint density at radius 3 is 3.40 bits per heavy atom. The lowest BCUT2D eigenvalue weighted by molar-refractivity contribution is 0.632. The Hall–Kier alpha value is -0.830. The second-order valence-corrected chi connectivity index (χ2v) is 2.58. The zero-order valence-corrected chi connectivity index (χ0v) is 5.85. The van der Waals surface area contributed by atoms with Gasteiger partial charge in [0.15, 0.2) is 0 Å². The van der Waals surface area contributed by atoms with E-state index in [9.17, 15) is 0 Å². The van der Waals surface area contributed by atoms with Gasteiger partial charge in [0.2, 0.25) is 0 Å². The summed E-state index contributed by atoms with van der Waals surface area (Å²) in [6.07, 6.45) is 3.11. The predicted molar refractivity (Wildman–Crippen MR) is 41.0 cm³/mol. The van der Waals surface area contributed by atoms with E-state index in [4.69, 9.17) is 0 Å². The number of nitrogens with one attached hydrogen (secondary N) is 2. The van der Waals surface area contributed by atoms with Crippen molar-refractivity contribution in [1.29, 1.82) is 0 Å². The minimum absolute atomic E-state index is 0.751. The van der Waals surface area contributed by atoms with Crippen LogP contribution in [0.4, 0.5) is 0 Å². The molecular formula is C7H11N3. The van der Waals surface area contributed by atoms with E-state index in [1.807, 2.05) is 6.21 Å². The van der Waals surface area contributed by atoms with Gasteiger partial charge < -0.3 is 10.6 Å². The van der Waals surface area contributed by atoms with Crippen molar-refractivity contribution in [3.8, 4) is 0 Å². The van der Waals surface area contributed by atoms with E-state index in [0.717, 1.165) is 26.2 Å². The van der Waals surface area contributed by atoms with Crippen LogP contribution in [0.15, 0.2) is 16.3 Å². The van der Waals surface area contributed by atoms with E-state index < -0.39 is 0 Å². The predicted octanol–water partition coefficient (Wildman–Crippen LogP) is -0.135. The second kappa shape index (κ2) is 2.42. The highest BCUT2D eigenvalue weighted by Gasteiger charge is 2.11. The molecule has 0 radical (unpaired) electrons. The van der Waals surface area contributed by atoms with Gasteiger partial charge >= 0.3 is 0 Å². The Bertz CT molecular complexity index is 193. The lowest BCUT2D eigenvalue weighted by atomic mass is 10.1. The van der Waals surface area contributed by atoms with E-state index >= 15 is 0 Å². The van der Waals surface area contributed by atoms with Crippen LogP contribution in [0.1, 0.15) is 6.42 Å². The van der Waals surface area contributed by atoms with Crippen molar-refractivity contribution in [3.63, 3.8) is 0 Å². The van der Waals surface area contributed by atoms with E-state index in [1.54, 1.807) is 0 Å². The summed E-state index contributed by atoms with van der Waals surface area (Å²) in [5, 5.41) is 6.54. The van der Waals surface area contributed by atoms with Gasteiger partial charge in [-0.3, -0.25) is 4.99 Å². The summed E-state index contributed by atoms with van der Waals surface area (Å²) < 4.78 is 0. The molecule has 2 aliphatic heterocycles. The summed E-state index contributed by atoms with van der Waals surface area (Å²) in [7, 11) is 0. The first-order valence-corrected chi connectivity index (χ1v) is 3.63. The molecule has 0 atom stereocenters. The first-order chi connectivity index (χ1) is 4.97. The molecule has 2 rings (SSSR count). The van der Waals surface area contributed by atoms with Crippen molar-refractivity contribution in [1.82, 2.24) is 10.6 Å². The molecule has 0 amide bonds. The zero-order chi connectivity index (χ0) is 6.81. The summed E-state index contributed by atoms with van der Waals surface area (Å²) in [4.78, 5) is 4.14. The number of nitrogens with zero attached hydrogens (tertiary/aromatic N) is 1. The topological polar surface area (TPSA) is 36.4 Å². The third-order valence-electron chi connectivity index (χ3n) is 1.89. The Balaban J connectivity index is 2.23. The maximum atomic E-state index is 4.14. The first kappa shape index (κ1) is 5.92. The van der Waals surface area contributed by atoms with Crippen LogP contribution >= 0.6 is 0 Å². The van der Waals surface area contributed by atoms with Crippen molar-refractivity contribution < 1.29 is 0 Å². The number of hydrogen-bond donors (Lipinski definition) is 2. The van der Waals surface area contributed by atoms with Crippen LogP contribution in [-0.4, -0.2) is 26.0 Å². The van der Waals surface area contributed by atoms with Crippen molar-refractivity contribution in [2.75, 3.05) is 19.8 Å². The van der Waals surface area contributed by atoms with Crippen molar-refractivity contribution in [2.45, 2.75) is 6.42 Å². The molecule has 0 spiro atoms. The molecule has 0 saturated heterocycles. The van der Waals surface area contributed by atoms with Crippen LogP contribution in [0.3, 0.4) is 0 Å². The maximum absolute atomic E-state index is 4.14. The maximum Gasteiger partial charge on any atom is 0.107 e. The highest BCUT2D eigenvalue weighted by Crippen LogP contribution is 2.09. The van der Waals surface area contributed by atoms with Crippen molar-refractivity contribution in [3.05, 3.63) is 11.3 Å². The Morgan fingerprint density at radius 2 is 2.50 bits per heavy atom. The monoisotopic (exact) mass is 137 g/mol. The number of hydrogen-bond acceptors (Lipinski definition) is 3. The quantitative estimate of drug-likeness (QED) is 0.488. The second-order valence-electron chi connectivity index (χ2n) is 2.58. The molecule has 10 heavy (non-hydrogen) atoms. The summed E-state index contributed by atoms with van der Waals surface area (Å²) in [6, 6.07) is 0. The number of aliphatic imine (C=N–C) groups is 1. The van der Waals surface area contributed by atoms with Gasteiger partial charge in [0.05, 0.1) is 0 Å². The van der Waals surface area contributed by atoms with Crippen LogP contribution in [0.5, 0.6) is 0 Å². The minimum atomic E-state index is 0.751. The number of rotatable bonds is 0. The van der Waals surface area contributed by atoms with E-state index in [2.05, 4.69) is 15.6 Å². The Labute approximate surface area is 60.2 Å². The lowest BCUT2D eigenvalue weighted by Gasteiger charge is -2.22. The molecule has 0 aromatic rings. The van der Waals surface area contributed by atoms with Crippen molar-refractivity contribution >= 4 is 6.21 Å². The van der Waals surface area contributed by atoms with E-state index in [1.165, 1.54) is 11.3 Å².